The highest BCUT2D eigenvalue weighted by atomic mass is 16.4. The SMILES string of the molecule is CCCCNc1ccc2c3c(oc2c1)C(=O)C(C)(O)c1ccccc1-3. The molecular formula is C21H21NO3. The topological polar surface area (TPSA) is 62.5 Å². The van der Waals surface area contributed by atoms with Crippen LogP contribution in [0.2, 0.25) is 0 Å². The van der Waals surface area contributed by atoms with Crippen LogP contribution in [0.1, 0.15) is 42.8 Å². The second kappa shape index (κ2) is 5.74. The third-order valence-corrected chi connectivity index (χ3v) is 4.92. The molecule has 1 unspecified atom stereocenters. The number of hydrogen-bond donors (Lipinski definition) is 2. The summed E-state index contributed by atoms with van der Waals surface area (Å²) in [7, 11) is 0. The molecule has 0 saturated carbocycles. The van der Waals surface area contributed by atoms with Crippen LogP contribution in [0.5, 0.6) is 0 Å². The van der Waals surface area contributed by atoms with Crippen molar-refractivity contribution in [1.82, 2.24) is 0 Å². The molecule has 2 N–H and O–H groups in total. The highest BCUT2D eigenvalue weighted by Gasteiger charge is 2.44. The van der Waals surface area contributed by atoms with Gasteiger partial charge in [-0.1, -0.05) is 37.6 Å². The summed E-state index contributed by atoms with van der Waals surface area (Å²) in [4.78, 5) is 12.8. The van der Waals surface area contributed by atoms with E-state index in [9.17, 15) is 9.90 Å². The fourth-order valence-corrected chi connectivity index (χ4v) is 3.51. The van der Waals surface area contributed by atoms with Crippen LogP contribution < -0.4 is 5.32 Å². The van der Waals surface area contributed by atoms with Gasteiger partial charge < -0.3 is 14.8 Å². The number of ketones is 1. The Morgan fingerprint density at radius 2 is 2.00 bits per heavy atom. The van der Waals surface area contributed by atoms with Gasteiger partial charge >= 0.3 is 0 Å². The highest BCUT2D eigenvalue weighted by Crippen LogP contribution is 2.46. The number of Topliss-reactive ketones (excluding diaryl/α,β-unsaturated/α-hetero) is 1. The van der Waals surface area contributed by atoms with Crippen molar-refractivity contribution in [3.63, 3.8) is 0 Å². The van der Waals surface area contributed by atoms with Crippen LogP contribution in [0.25, 0.3) is 22.1 Å². The van der Waals surface area contributed by atoms with Gasteiger partial charge in [0.2, 0.25) is 5.78 Å². The van der Waals surface area contributed by atoms with Crippen molar-refractivity contribution >= 4 is 22.4 Å². The third kappa shape index (κ3) is 2.36. The van der Waals surface area contributed by atoms with Gasteiger partial charge in [-0.2, -0.15) is 0 Å². The zero-order valence-corrected chi connectivity index (χ0v) is 14.4. The summed E-state index contributed by atoms with van der Waals surface area (Å²) in [5, 5.41) is 15.0. The molecule has 0 radical (unpaired) electrons. The van der Waals surface area contributed by atoms with E-state index in [0.29, 0.717) is 11.1 Å². The molecule has 0 saturated heterocycles. The lowest BCUT2D eigenvalue weighted by Crippen LogP contribution is -2.35. The van der Waals surface area contributed by atoms with Crippen LogP contribution in [0.3, 0.4) is 0 Å². The third-order valence-electron chi connectivity index (χ3n) is 4.92. The van der Waals surface area contributed by atoms with E-state index in [0.717, 1.165) is 41.6 Å². The number of carbonyl (C=O) groups excluding carboxylic acids is 1. The molecule has 0 amide bonds. The molecule has 1 aliphatic rings. The van der Waals surface area contributed by atoms with Gasteiger partial charge in [0.1, 0.15) is 5.58 Å². The van der Waals surface area contributed by atoms with E-state index in [4.69, 9.17) is 4.42 Å². The lowest BCUT2D eigenvalue weighted by Gasteiger charge is -2.28. The van der Waals surface area contributed by atoms with E-state index in [2.05, 4.69) is 12.2 Å². The lowest BCUT2D eigenvalue weighted by molar-refractivity contribution is 0.0360. The molecule has 25 heavy (non-hydrogen) atoms. The van der Waals surface area contributed by atoms with Crippen molar-refractivity contribution < 1.29 is 14.3 Å². The van der Waals surface area contributed by atoms with Crippen LogP contribution in [0, 0.1) is 0 Å². The van der Waals surface area contributed by atoms with Gasteiger partial charge in [0, 0.05) is 29.2 Å². The number of unbranched alkanes of at least 4 members (excludes halogenated alkanes) is 1. The molecule has 3 aromatic rings. The van der Waals surface area contributed by atoms with Crippen molar-refractivity contribution in [2.75, 3.05) is 11.9 Å². The Bertz CT molecular complexity index is 968. The number of furan rings is 1. The predicted molar refractivity (Wildman–Crippen MR) is 98.9 cm³/mol. The maximum atomic E-state index is 12.8. The summed E-state index contributed by atoms with van der Waals surface area (Å²) in [5.74, 6) is -0.151. The standard InChI is InChI=1S/C21H21NO3/c1-3-4-11-22-13-9-10-15-17(12-13)25-19-18(15)14-7-5-6-8-16(14)21(2,24)20(19)23/h5-10,12,22,24H,3-4,11H2,1-2H3. The summed E-state index contributed by atoms with van der Waals surface area (Å²) in [6.07, 6.45) is 2.23. The Kier molecular flexibility index (Phi) is 3.65. The molecule has 0 fully saturated rings. The van der Waals surface area contributed by atoms with Gasteiger partial charge in [0.25, 0.3) is 0 Å². The molecule has 0 bridgehead atoms. The van der Waals surface area contributed by atoms with Gasteiger partial charge in [0.05, 0.1) is 0 Å². The van der Waals surface area contributed by atoms with Crippen LogP contribution in [-0.2, 0) is 5.60 Å². The average molecular weight is 335 g/mol. The maximum absolute atomic E-state index is 12.8. The second-order valence-electron chi connectivity index (χ2n) is 6.74. The Labute approximate surface area is 146 Å². The number of benzene rings is 2. The fraction of sp³-hybridized carbons (Fsp3) is 0.286. The minimum absolute atomic E-state index is 0.240. The zero-order valence-electron chi connectivity index (χ0n) is 14.4. The van der Waals surface area contributed by atoms with Crippen LogP contribution in [-0.4, -0.2) is 17.4 Å². The summed E-state index contributed by atoms with van der Waals surface area (Å²) in [6.45, 7) is 4.58. The smallest absolute Gasteiger partial charge is 0.234 e. The first kappa shape index (κ1) is 15.9. The summed E-state index contributed by atoms with van der Waals surface area (Å²) in [5.41, 5.74) is 2.32. The molecule has 1 heterocycles. The minimum atomic E-state index is -1.57. The molecular weight excluding hydrogens is 314 g/mol. The quantitative estimate of drug-likeness (QED) is 0.678. The molecule has 4 nitrogen and oxygen atoms in total. The Balaban J connectivity index is 1.88. The van der Waals surface area contributed by atoms with Gasteiger partial charge in [-0.05, 0) is 36.6 Å². The lowest BCUT2D eigenvalue weighted by atomic mass is 9.78. The van der Waals surface area contributed by atoms with Crippen LogP contribution in [0.15, 0.2) is 46.9 Å². The molecule has 0 aliphatic heterocycles. The Hall–Kier alpha value is -2.59. The number of anilines is 1. The largest absolute Gasteiger partial charge is 0.452 e. The second-order valence-corrected chi connectivity index (χ2v) is 6.74. The number of fused-ring (bicyclic) bond motifs is 5. The van der Waals surface area contributed by atoms with E-state index < -0.39 is 11.4 Å². The van der Waals surface area contributed by atoms with Crippen molar-refractivity contribution in [2.24, 2.45) is 0 Å². The van der Waals surface area contributed by atoms with Crippen molar-refractivity contribution in [3.8, 4) is 11.1 Å². The van der Waals surface area contributed by atoms with E-state index in [1.807, 2.05) is 36.4 Å². The van der Waals surface area contributed by atoms with E-state index in [-0.39, 0.29) is 5.76 Å². The van der Waals surface area contributed by atoms with E-state index >= 15 is 0 Å². The predicted octanol–water partition coefficient (Wildman–Crippen LogP) is 4.72. The molecule has 1 atom stereocenters. The number of rotatable bonds is 4. The molecule has 1 aliphatic carbocycles. The van der Waals surface area contributed by atoms with Crippen molar-refractivity contribution in [2.45, 2.75) is 32.3 Å². The van der Waals surface area contributed by atoms with Gasteiger partial charge in [0.15, 0.2) is 11.4 Å². The Morgan fingerprint density at radius 1 is 1.20 bits per heavy atom. The maximum Gasteiger partial charge on any atom is 0.234 e. The van der Waals surface area contributed by atoms with Crippen LogP contribution in [0.4, 0.5) is 5.69 Å². The molecule has 0 spiro atoms. The minimum Gasteiger partial charge on any atom is -0.452 e. The van der Waals surface area contributed by atoms with E-state index in [1.54, 1.807) is 6.07 Å². The molecule has 2 aromatic carbocycles. The van der Waals surface area contributed by atoms with Crippen molar-refractivity contribution in [3.05, 3.63) is 53.8 Å². The number of aliphatic hydroxyl groups is 1. The number of hydrogen-bond acceptors (Lipinski definition) is 4. The number of carbonyl (C=O) groups is 1. The van der Waals surface area contributed by atoms with Crippen LogP contribution >= 0.6 is 0 Å². The summed E-state index contributed by atoms with van der Waals surface area (Å²) < 4.78 is 5.89. The first-order chi connectivity index (χ1) is 12.0. The first-order valence-corrected chi connectivity index (χ1v) is 8.71. The summed E-state index contributed by atoms with van der Waals surface area (Å²) in [6, 6.07) is 13.4. The molecule has 4 heteroatoms. The average Bonchev–Trinajstić information content (AvgIpc) is 2.99. The van der Waals surface area contributed by atoms with Gasteiger partial charge in [-0.15, -0.1) is 0 Å². The van der Waals surface area contributed by atoms with Gasteiger partial charge in [-0.25, -0.2) is 0 Å². The van der Waals surface area contributed by atoms with Gasteiger partial charge in [-0.3, -0.25) is 4.79 Å². The normalized spacial score (nSPS) is 18.9. The monoisotopic (exact) mass is 335 g/mol. The zero-order chi connectivity index (χ0) is 17.6. The fourth-order valence-electron chi connectivity index (χ4n) is 3.51. The number of nitrogens with one attached hydrogen (secondary N) is 1. The molecule has 1 aromatic heterocycles. The van der Waals surface area contributed by atoms with E-state index in [1.165, 1.54) is 6.92 Å². The molecule has 4 rings (SSSR count). The summed E-state index contributed by atoms with van der Waals surface area (Å²) >= 11 is 0. The highest BCUT2D eigenvalue weighted by molar-refractivity contribution is 6.16. The van der Waals surface area contributed by atoms with Crippen molar-refractivity contribution in [1.29, 1.82) is 0 Å². The first-order valence-electron chi connectivity index (χ1n) is 8.71. The Morgan fingerprint density at radius 3 is 2.80 bits per heavy atom. The molecule has 128 valence electrons.